The van der Waals surface area contributed by atoms with Crippen molar-refractivity contribution in [3.63, 3.8) is 0 Å². The average molecular weight is 662 g/mol. The Labute approximate surface area is 277 Å². The number of thiazole rings is 1. The number of hydrogen-bond donors (Lipinski definition) is 1. The number of methoxy groups -OCH3 is 2. The first-order chi connectivity index (χ1) is 23.3. The largest absolute Gasteiger partial charge is 0.497 e. The highest BCUT2D eigenvalue weighted by atomic mass is 32.1. The highest BCUT2D eigenvalue weighted by molar-refractivity contribution is 7.19. The number of carboxylic acids is 1. The van der Waals surface area contributed by atoms with Crippen LogP contribution in [0.15, 0.2) is 113 Å². The number of para-hydroxylation sites is 1. The van der Waals surface area contributed by atoms with Gasteiger partial charge in [0, 0.05) is 29.2 Å². The number of ether oxygens (including phenoxy) is 2. The molecule has 240 valence electrons. The Balaban J connectivity index is 1.30. The van der Waals surface area contributed by atoms with Gasteiger partial charge >= 0.3 is 5.97 Å². The topological polar surface area (TPSA) is 167 Å². The van der Waals surface area contributed by atoms with Gasteiger partial charge in [0.15, 0.2) is 6.04 Å². The molecule has 1 N–H and O–H groups in total. The lowest BCUT2D eigenvalue weighted by Gasteiger charge is -2.06. The van der Waals surface area contributed by atoms with Gasteiger partial charge in [0.25, 0.3) is 5.69 Å². The van der Waals surface area contributed by atoms with Crippen LogP contribution in [0.2, 0.25) is 0 Å². The van der Waals surface area contributed by atoms with Gasteiger partial charge in [-0.3, -0.25) is 10.1 Å². The molecule has 6 rings (SSSR count). The van der Waals surface area contributed by atoms with E-state index in [0.29, 0.717) is 17.1 Å². The smallest absolute Gasteiger partial charge is 0.330 e. The Hall–Kier alpha value is -6.28. The summed E-state index contributed by atoms with van der Waals surface area (Å²) in [5.74, 6) is 0.174. The average Bonchev–Trinajstić information content (AvgIpc) is 3.79. The number of nitrogens with zero attached hydrogens (tertiary/aromatic N) is 7. The van der Waals surface area contributed by atoms with Gasteiger partial charge in [-0.15, -0.1) is 10.2 Å². The monoisotopic (exact) mass is 661 g/mol. The van der Waals surface area contributed by atoms with Crippen LogP contribution in [0.5, 0.6) is 11.5 Å². The molecular weight excluding hydrogens is 634 g/mol. The van der Waals surface area contributed by atoms with Crippen molar-refractivity contribution in [2.75, 3.05) is 14.2 Å². The SMILES string of the molecule is COc1ccc(-c2cn(-c3ccc(-c4sc(N=NC(Cc5ccccc5[N+](=O)[O-])C(=O)O)nc4-c4ccc(OC)cc4)cc3)nn2)cc1. The number of hydrogen-bond acceptors (Lipinski definition) is 11. The Kier molecular flexibility index (Phi) is 9.25. The minimum absolute atomic E-state index is 0.177. The summed E-state index contributed by atoms with van der Waals surface area (Å²) >= 11 is 1.24. The summed E-state index contributed by atoms with van der Waals surface area (Å²) < 4.78 is 12.2. The molecule has 4 aromatic carbocycles. The van der Waals surface area contributed by atoms with Crippen LogP contribution in [0.3, 0.4) is 0 Å². The zero-order valence-corrected chi connectivity index (χ0v) is 26.4. The normalized spacial score (nSPS) is 11.8. The number of nitro benzene ring substituents is 1. The van der Waals surface area contributed by atoms with E-state index in [1.807, 2.05) is 79.0 Å². The van der Waals surface area contributed by atoms with Gasteiger partial charge in [0.1, 0.15) is 17.2 Å². The molecule has 0 saturated heterocycles. The molecule has 0 aliphatic rings. The maximum Gasteiger partial charge on any atom is 0.330 e. The van der Waals surface area contributed by atoms with Gasteiger partial charge in [0.2, 0.25) is 5.13 Å². The van der Waals surface area contributed by atoms with Gasteiger partial charge in [-0.05, 0) is 66.2 Å². The molecule has 0 bridgehead atoms. The van der Waals surface area contributed by atoms with E-state index in [1.165, 1.54) is 29.5 Å². The minimum Gasteiger partial charge on any atom is -0.497 e. The Morgan fingerprint density at radius 1 is 0.917 bits per heavy atom. The van der Waals surface area contributed by atoms with Crippen molar-refractivity contribution in [2.24, 2.45) is 10.2 Å². The number of carbonyl (C=O) groups is 1. The standard InChI is InChI=1S/C34H27N7O6S/c1-46-26-15-9-21(10-16-26)29-20-40(39-37-29)25-13-7-23(8-14-25)32-31(22-11-17-27(47-2)18-12-22)35-34(48-32)38-36-28(33(42)43)19-24-5-3-4-6-30(24)41(44)45/h3-18,20,28H,19H2,1-2H3,(H,42,43). The lowest BCUT2D eigenvalue weighted by Crippen LogP contribution is -2.20. The van der Waals surface area contributed by atoms with Crippen LogP contribution < -0.4 is 9.47 Å². The van der Waals surface area contributed by atoms with E-state index in [-0.39, 0.29) is 22.8 Å². The number of carboxylic acid groups (broad SMARTS) is 1. The fraction of sp³-hybridized carbons (Fsp3) is 0.118. The molecular formula is C34H27N7O6S. The van der Waals surface area contributed by atoms with Gasteiger partial charge in [-0.25, -0.2) is 14.5 Å². The number of benzene rings is 4. The summed E-state index contributed by atoms with van der Waals surface area (Å²) in [5.41, 5.74) is 4.73. The number of aliphatic carboxylic acids is 1. The molecule has 0 spiro atoms. The quantitative estimate of drug-likeness (QED) is 0.0797. The number of aromatic nitrogens is 4. The molecule has 0 fully saturated rings. The summed E-state index contributed by atoms with van der Waals surface area (Å²) in [4.78, 5) is 28.5. The summed E-state index contributed by atoms with van der Waals surface area (Å²) in [6.45, 7) is 0. The third-order valence-electron chi connectivity index (χ3n) is 7.42. The zero-order valence-electron chi connectivity index (χ0n) is 25.6. The lowest BCUT2D eigenvalue weighted by molar-refractivity contribution is -0.385. The Morgan fingerprint density at radius 3 is 2.17 bits per heavy atom. The molecule has 0 saturated carbocycles. The molecule has 0 radical (unpaired) electrons. The van der Waals surface area contributed by atoms with E-state index in [9.17, 15) is 20.0 Å². The molecule has 2 aromatic heterocycles. The molecule has 1 atom stereocenters. The van der Waals surface area contributed by atoms with E-state index < -0.39 is 16.9 Å². The van der Waals surface area contributed by atoms with Crippen LogP contribution >= 0.6 is 11.3 Å². The van der Waals surface area contributed by atoms with Crippen LogP contribution in [0.1, 0.15) is 5.56 Å². The maximum absolute atomic E-state index is 12.1. The first-order valence-electron chi connectivity index (χ1n) is 14.5. The van der Waals surface area contributed by atoms with E-state index in [1.54, 1.807) is 25.0 Å². The van der Waals surface area contributed by atoms with Crippen molar-refractivity contribution in [1.82, 2.24) is 20.0 Å². The van der Waals surface area contributed by atoms with E-state index in [2.05, 4.69) is 20.5 Å². The molecule has 6 aromatic rings. The van der Waals surface area contributed by atoms with Crippen molar-refractivity contribution in [1.29, 1.82) is 0 Å². The van der Waals surface area contributed by atoms with Gasteiger partial charge in [0.05, 0.1) is 41.6 Å². The molecule has 48 heavy (non-hydrogen) atoms. The third kappa shape index (κ3) is 6.93. The summed E-state index contributed by atoms with van der Waals surface area (Å²) in [5, 5.41) is 38.4. The summed E-state index contributed by atoms with van der Waals surface area (Å²) in [7, 11) is 3.20. The summed E-state index contributed by atoms with van der Waals surface area (Å²) in [6.07, 6.45) is 1.64. The second kappa shape index (κ2) is 14.0. The van der Waals surface area contributed by atoms with E-state index >= 15 is 0 Å². The van der Waals surface area contributed by atoms with Gasteiger partial charge in [-0.2, -0.15) is 5.11 Å². The molecule has 2 heterocycles. The molecule has 0 amide bonds. The van der Waals surface area contributed by atoms with Crippen molar-refractivity contribution in [3.8, 4) is 50.1 Å². The van der Waals surface area contributed by atoms with Crippen LogP contribution in [0.25, 0.3) is 38.6 Å². The number of azo groups is 1. The van der Waals surface area contributed by atoms with Crippen molar-refractivity contribution in [3.05, 3.63) is 119 Å². The Bertz CT molecular complexity index is 2090. The van der Waals surface area contributed by atoms with Crippen LogP contribution in [0.4, 0.5) is 10.8 Å². The Morgan fingerprint density at radius 2 is 1.54 bits per heavy atom. The fourth-order valence-electron chi connectivity index (χ4n) is 4.91. The molecule has 14 heteroatoms. The second-order valence-electron chi connectivity index (χ2n) is 10.4. The molecule has 1 unspecified atom stereocenters. The minimum atomic E-state index is -1.35. The zero-order chi connectivity index (χ0) is 33.6. The predicted molar refractivity (Wildman–Crippen MR) is 179 cm³/mol. The van der Waals surface area contributed by atoms with Gasteiger partial charge < -0.3 is 14.6 Å². The molecule has 0 aliphatic carbocycles. The molecule has 0 aliphatic heterocycles. The van der Waals surface area contributed by atoms with Crippen molar-refractivity contribution < 1.29 is 24.3 Å². The second-order valence-corrected chi connectivity index (χ2v) is 11.4. The lowest BCUT2D eigenvalue weighted by atomic mass is 10.0. The van der Waals surface area contributed by atoms with E-state index in [4.69, 9.17) is 14.5 Å². The van der Waals surface area contributed by atoms with Gasteiger partial charge in [-0.1, -0.05) is 46.9 Å². The predicted octanol–water partition coefficient (Wildman–Crippen LogP) is 7.43. The highest BCUT2D eigenvalue weighted by Crippen LogP contribution is 2.41. The number of rotatable bonds is 12. The van der Waals surface area contributed by atoms with E-state index in [0.717, 1.165) is 33.0 Å². The summed E-state index contributed by atoms with van der Waals surface area (Å²) in [6, 6.07) is 27.2. The first kappa shape index (κ1) is 31.7. The highest BCUT2D eigenvalue weighted by Gasteiger charge is 2.23. The fourth-order valence-corrected chi connectivity index (χ4v) is 5.83. The maximum atomic E-state index is 12.1. The van der Waals surface area contributed by atoms with Crippen LogP contribution in [-0.4, -0.2) is 56.2 Å². The first-order valence-corrected chi connectivity index (χ1v) is 15.3. The van der Waals surface area contributed by atoms with Crippen LogP contribution in [-0.2, 0) is 11.2 Å². The van der Waals surface area contributed by atoms with Crippen molar-refractivity contribution >= 4 is 28.1 Å². The third-order valence-corrected chi connectivity index (χ3v) is 8.41. The van der Waals surface area contributed by atoms with Crippen molar-refractivity contribution in [2.45, 2.75) is 12.5 Å². The van der Waals surface area contributed by atoms with Crippen LogP contribution in [0, 0.1) is 10.1 Å². The molecule has 13 nitrogen and oxygen atoms in total. The number of nitro groups is 1.